The Labute approximate surface area is 189 Å². The van der Waals surface area contributed by atoms with Crippen LogP contribution in [-0.2, 0) is 22.6 Å². The second-order valence-electron chi connectivity index (χ2n) is 7.66. The lowest BCUT2D eigenvalue weighted by molar-refractivity contribution is -0.137. The van der Waals surface area contributed by atoms with Crippen molar-refractivity contribution in [1.29, 1.82) is 0 Å². The molecule has 0 saturated carbocycles. The van der Waals surface area contributed by atoms with Crippen LogP contribution in [0.2, 0.25) is 5.02 Å². The maximum absolute atomic E-state index is 14.0. The lowest BCUT2D eigenvalue weighted by Crippen LogP contribution is -2.44. The maximum atomic E-state index is 14.0. The molecule has 168 valence electrons. The molecule has 0 unspecified atom stereocenters. The summed E-state index contributed by atoms with van der Waals surface area (Å²) in [5.74, 6) is -1.29. The molecule has 2 aromatic carbocycles. The summed E-state index contributed by atoms with van der Waals surface area (Å²) in [4.78, 5) is 38.7. The summed E-state index contributed by atoms with van der Waals surface area (Å²) in [5.41, 5.74) is 6.94. The van der Waals surface area contributed by atoms with Gasteiger partial charge in [-0.15, -0.1) is 0 Å². The van der Waals surface area contributed by atoms with Gasteiger partial charge in [0.1, 0.15) is 5.82 Å². The number of amides is 3. The molecule has 0 spiro atoms. The minimum Gasteiger partial charge on any atom is -0.351 e. The molecule has 0 radical (unpaired) electrons. The van der Waals surface area contributed by atoms with Crippen LogP contribution >= 0.6 is 11.6 Å². The highest BCUT2D eigenvalue weighted by atomic mass is 35.5. The second-order valence-corrected chi connectivity index (χ2v) is 8.07. The first-order valence-corrected chi connectivity index (χ1v) is 10.4. The number of para-hydroxylation sites is 1. The molecule has 7 nitrogen and oxygen atoms in total. The minimum absolute atomic E-state index is 0.00479. The van der Waals surface area contributed by atoms with E-state index in [9.17, 15) is 18.8 Å². The summed E-state index contributed by atoms with van der Waals surface area (Å²) in [6.07, 6.45) is 1.54. The van der Waals surface area contributed by atoms with E-state index < -0.39 is 17.8 Å². The highest BCUT2D eigenvalue weighted by molar-refractivity contribution is 6.30. The number of benzene rings is 2. The number of fused-ring (bicyclic) bond motifs is 1. The summed E-state index contributed by atoms with van der Waals surface area (Å²) < 4.78 is 15.3. The van der Waals surface area contributed by atoms with Crippen molar-refractivity contribution in [3.8, 4) is 0 Å². The van der Waals surface area contributed by atoms with Gasteiger partial charge in [-0.1, -0.05) is 41.9 Å². The molecule has 0 aliphatic heterocycles. The summed E-state index contributed by atoms with van der Waals surface area (Å²) in [5, 5.41) is 3.34. The van der Waals surface area contributed by atoms with E-state index in [-0.39, 0.29) is 42.0 Å². The number of carbonyl (C=O) groups excluding carboxylic acids is 3. The quantitative estimate of drug-likeness (QED) is 0.567. The molecular formula is C23H24ClFN4O3. The fourth-order valence-electron chi connectivity index (χ4n) is 3.49. The number of rotatable bonds is 7. The number of primary amides is 1. The highest BCUT2D eigenvalue weighted by Crippen LogP contribution is 2.22. The molecule has 0 aliphatic rings. The van der Waals surface area contributed by atoms with Crippen LogP contribution in [0.4, 0.5) is 9.18 Å². The number of hydrogen-bond acceptors (Lipinski definition) is 3. The van der Waals surface area contributed by atoms with Crippen molar-refractivity contribution < 1.29 is 18.8 Å². The van der Waals surface area contributed by atoms with Crippen molar-refractivity contribution in [1.82, 2.24) is 14.8 Å². The maximum Gasteiger partial charge on any atom is 0.323 e. The molecule has 0 bridgehead atoms. The van der Waals surface area contributed by atoms with E-state index in [1.54, 1.807) is 38.2 Å². The molecule has 9 heteroatoms. The number of hydrogen-bond donors (Lipinski definition) is 2. The SMILES string of the molecule is CC(C)N(CC(=O)NCc1cccc(Cl)c1F)C(=O)Cc1cn(C(N)=O)c2ccccc12. The number of nitrogens with two attached hydrogens (primary N) is 1. The molecule has 32 heavy (non-hydrogen) atoms. The van der Waals surface area contributed by atoms with Crippen molar-refractivity contribution in [2.75, 3.05) is 6.54 Å². The summed E-state index contributed by atoms with van der Waals surface area (Å²) in [6, 6.07) is 10.8. The molecule has 1 aromatic heterocycles. The van der Waals surface area contributed by atoms with Crippen molar-refractivity contribution in [2.45, 2.75) is 32.9 Å². The molecular weight excluding hydrogens is 435 g/mol. The monoisotopic (exact) mass is 458 g/mol. The van der Waals surface area contributed by atoms with Gasteiger partial charge in [-0.05, 0) is 31.5 Å². The van der Waals surface area contributed by atoms with Crippen LogP contribution in [0.25, 0.3) is 10.9 Å². The number of halogens is 2. The van der Waals surface area contributed by atoms with E-state index in [1.165, 1.54) is 21.6 Å². The van der Waals surface area contributed by atoms with Crippen LogP contribution in [-0.4, -0.2) is 39.9 Å². The Hall–Kier alpha value is -3.39. The minimum atomic E-state index is -0.645. The van der Waals surface area contributed by atoms with Crippen LogP contribution < -0.4 is 11.1 Å². The lowest BCUT2D eigenvalue weighted by atomic mass is 10.1. The molecule has 3 rings (SSSR count). The predicted molar refractivity (Wildman–Crippen MR) is 121 cm³/mol. The smallest absolute Gasteiger partial charge is 0.323 e. The fourth-order valence-corrected chi connectivity index (χ4v) is 3.68. The Bertz CT molecular complexity index is 1180. The van der Waals surface area contributed by atoms with Crippen LogP contribution in [0.1, 0.15) is 25.0 Å². The average molecular weight is 459 g/mol. The van der Waals surface area contributed by atoms with Crippen LogP contribution in [0.15, 0.2) is 48.7 Å². The molecule has 1 heterocycles. The topological polar surface area (TPSA) is 97.4 Å². The zero-order valence-corrected chi connectivity index (χ0v) is 18.5. The number of aromatic nitrogens is 1. The molecule has 0 fully saturated rings. The van der Waals surface area contributed by atoms with Gasteiger partial charge in [0.15, 0.2) is 0 Å². The first-order chi connectivity index (χ1) is 15.2. The standard InChI is InChI=1S/C23H24ClFN4O3/c1-14(2)28(13-20(30)27-11-15-6-5-8-18(24)22(15)25)21(31)10-16-12-29(23(26)32)19-9-4-3-7-17(16)19/h3-9,12,14H,10-11,13H2,1-2H3,(H2,26,32)(H,27,30). The third kappa shape index (κ3) is 5.08. The van der Waals surface area contributed by atoms with Crippen molar-refractivity contribution in [3.63, 3.8) is 0 Å². The van der Waals surface area contributed by atoms with Gasteiger partial charge in [0.25, 0.3) is 0 Å². The first-order valence-electron chi connectivity index (χ1n) is 10.1. The van der Waals surface area contributed by atoms with Crippen LogP contribution in [0.3, 0.4) is 0 Å². The Morgan fingerprint density at radius 1 is 1.12 bits per heavy atom. The summed E-state index contributed by atoms with van der Waals surface area (Å²) in [6.45, 7) is 3.37. The zero-order chi connectivity index (χ0) is 23.4. The van der Waals surface area contributed by atoms with Gasteiger partial charge in [-0.25, -0.2) is 9.18 Å². The van der Waals surface area contributed by atoms with E-state index in [2.05, 4.69) is 5.32 Å². The van der Waals surface area contributed by atoms with Gasteiger partial charge in [0.05, 0.1) is 23.5 Å². The average Bonchev–Trinajstić information content (AvgIpc) is 3.11. The van der Waals surface area contributed by atoms with E-state index in [1.807, 2.05) is 12.1 Å². The van der Waals surface area contributed by atoms with Crippen molar-refractivity contribution in [3.05, 3.63) is 70.6 Å². The van der Waals surface area contributed by atoms with E-state index >= 15 is 0 Å². The molecule has 0 atom stereocenters. The van der Waals surface area contributed by atoms with Crippen LogP contribution in [0, 0.1) is 5.82 Å². The summed E-state index contributed by atoms with van der Waals surface area (Å²) >= 11 is 5.77. The van der Waals surface area contributed by atoms with Crippen LogP contribution in [0.5, 0.6) is 0 Å². The third-order valence-electron chi connectivity index (χ3n) is 5.14. The molecule has 3 aromatic rings. The first kappa shape index (κ1) is 23.3. The molecule has 3 amide bonds. The van der Waals surface area contributed by atoms with E-state index in [4.69, 9.17) is 17.3 Å². The van der Waals surface area contributed by atoms with Crippen molar-refractivity contribution in [2.24, 2.45) is 5.73 Å². The molecule has 0 saturated heterocycles. The summed E-state index contributed by atoms with van der Waals surface area (Å²) in [7, 11) is 0. The number of nitrogens with zero attached hydrogens (tertiary/aromatic N) is 2. The van der Waals surface area contributed by atoms with E-state index in [0.717, 1.165) is 5.39 Å². The Morgan fingerprint density at radius 2 is 1.84 bits per heavy atom. The predicted octanol–water partition coefficient (Wildman–Crippen LogP) is 3.46. The number of carbonyl (C=O) groups is 3. The molecule has 0 aliphatic carbocycles. The fraction of sp³-hybridized carbons (Fsp3) is 0.261. The Balaban J connectivity index is 1.71. The van der Waals surface area contributed by atoms with Gasteiger partial charge in [0.2, 0.25) is 11.8 Å². The number of nitrogens with one attached hydrogen (secondary N) is 1. The van der Waals surface area contributed by atoms with Gasteiger partial charge in [-0.3, -0.25) is 14.2 Å². The molecule has 3 N–H and O–H groups in total. The Kier molecular flexibility index (Phi) is 7.15. The largest absolute Gasteiger partial charge is 0.351 e. The van der Waals surface area contributed by atoms with Gasteiger partial charge in [0, 0.05) is 29.7 Å². The highest BCUT2D eigenvalue weighted by Gasteiger charge is 2.22. The van der Waals surface area contributed by atoms with Gasteiger partial charge in [-0.2, -0.15) is 0 Å². The lowest BCUT2D eigenvalue weighted by Gasteiger charge is -2.26. The van der Waals surface area contributed by atoms with Gasteiger partial charge < -0.3 is 16.0 Å². The second kappa shape index (κ2) is 9.82. The zero-order valence-electron chi connectivity index (χ0n) is 17.8. The third-order valence-corrected chi connectivity index (χ3v) is 5.43. The normalized spacial score (nSPS) is 11.0. The Morgan fingerprint density at radius 3 is 2.53 bits per heavy atom. The van der Waals surface area contributed by atoms with E-state index in [0.29, 0.717) is 11.1 Å². The van der Waals surface area contributed by atoms with Crippen molar-refractivity contribution >= 4 is 40.3 Å². The van der Waals surface area contributed by atoms with Gasteiger partial charge >= 0.3 is 6.03 Å².